The van der Waals surface area contributed by atoms with Gasteiger partial charge in [0.25, 0.3) is 0 Å². The van der Waals surface area contributed by atoms with Gasteiger partial charge < -0.3 is 0 Å². The predicted molar refractivity (Wildman–Crippen MR) is 51.6 cm³/mol. The molecule has 0 aromatic carbocycles. The van der Waals surface area contributed by atoms with Gasteiger partial charge in [-0.2, -0.15) is 18.3 Å². The second-order valence-electron chi connectivity index (χ2n) is 4.48. The van der Waals surface area contributed by atoms with Crippen LogP contribution in [0.2, 0.25) is 0 Å². The molecule has 0 saturated heterocycles. The second kappa shape index (κ2) is 3.54. The number of halogens is 3. The van der Waals surface area contributed by atoms with E-state index in [-0.39, 0.29) is 5.41 Å². The van der Waals surface area contributed by atoms with Crippen molar-refractivity contribution in [2.75, 3.05) is 0 Å². The highest BCUT2D eigenvalue weighted by Crippen LogP contribution is 2.32. The van der Waals surface area contributed by atoms with Crippen molar-refractivity contribution in [3.8, 4) is 0 Å². The fourth-order valence-electron chi connectivity index (χ4n) is 1.40. The average Bonchev–Trinajstić information content (AvgIpc) is 2.44. The number of aryl methyl sites for hydroxylation is 1. The van der Waals surface area contributed by atoms with E-state index in [4.69, 9.17) is 0 Å². The predicted octanol–water partition coefficient (Wildman–Crippen LogP) is 3.22. The molecule has 5 heteroatoms. The lowest BCUT2D eigenvalue weighted by molar-refractivity contribution is -0.141. The zero-order valence-electron chi connectivity index (χ0n) is 9.31. The molecule has 1 aromatic heterocycles. The first kappa shape index (κ1) is 12.1. The smallest absolute Gasteiger partial charge is 0.269 e. The summed E-state index contributed by atoms with van der Waals surface area (Å²) < 4.78 is 38.7. The minimum absolute atomic E-state index is 0.327. The SMILES string of the molecule is CCn1nc(C(F)(F)F)cc1C(C)(C)C. The van der Waals surface area contributed by atoms with E-state index in [0.29, 0.717) is 12.2 Å². The van der Waals surface area contributed by atoms with Gasteiger partial charge in [-0.15, -0.1) is 0 Å². The van der Waals surface area contributed by atoms with E-state index in [1.807, 2.05) is 20.8 Å². The highest BCUT2D eigenvalue weighted by Gasteiger charge is 2.36. The molecule has 0 fully saturated rings. The highest BCUT2D eigenvalue weighted by molar-refractivity contribution is 5.19. The number of hydrogen-bond acceptors (Lipinski definition) is 1. The first-order chi connectivity index (χ1) is 6.66. The largest absolute Gasteiger partial charge is 0.435 e. The molecule has 0 atom stereocenters. The Balaban J connectivity index is 3.24. The van der Waals surface area contributed by atoms with Gasteiger partial charge in [0.05, 0.1) is 0 Å². The molecule has 1 heterocycles. The van der Waals surface area contributed by atoms with Gasteiger partial charge in [-0.3, -0.25) is 4.68 Å². The van der Waals surface area contributed by atoms with Crippen molar-refractivity contribution in [1.29, 1.82) is 0 Å². The molecule has 0 aliphatic heterocycles. The first-order valence-electron chi connectivity index (χ1n) is 4.81. The summed E-state index contributed by atoms with van der Waals surface area (Å²) in [5.74, 6) is 0. The molecular formula is C10H15F3N2. The van der Waals surface area contributed by atoms with Gasteiger partial charge in [0.2, 0.25) is 0 Å². The van der Waals surface area contributed by atoms with Crippen LogP contribution >= 0.6 is 0 Å². The summed E-state index contributed by atoms with van der Waals surface area (Å²) in [6.45, 7) is 7.84. The fraction of sp³-hybridized carbons (Fsp3) is 0.700. The summed E-state index contributed by atoms with van der Waals surface area (Å²) in [6, 6.07) is 1.13. The van der Waals surface area contributed by atoms with Crippen LogP contribution in [0.4, 0.5) is 13.2 Å². The number of alkyl halides is 3. The van der Waals surface area contributed by atoms with Crippen molar-refractivity contribution >= 4 is 0 Å². The molecule has 0 aliphatic rings. The van der Waals surface area contributed by atoms with E-state index in [2.05, 4.69) is 5.10 Å². The Bertz CT molecular complexity index is 345. The maximum Gasteiger partial charge on any atom is 0.435 e. The van der Waals surface area contributed by atoms with Crippen LogP contribution in [0.3, 0.4) is 0 Å². The summed E-state index contributed by atoms with van der Waals surface area (Å²) in [5.41, 5.74) is -0.529. The van der Waals surface area contributed by atoms with E-state index in [1.165, 1.54) is 4.68 Å². The van der Waals surface area contributed by atoms with Crippen LogP contribution in [0.15, 0.2) is 6.07 Å². The summed E-state index contributed by atoms with van der Waals surface area (Å²) in [6.07, 6.45) is -4.36. The molecular weight excluding hydrogens is 205 g/mol. The van der Waals surface area contributed by atoms with Crippen LogP contribution < -0.4 is 0 Å². The van der Waals surface area contributed by atoms with Gasteiger partial charge in [0, 0.05) is 17.7 Å². The van der Waals surface area contributed by atoms with E-state index in [0.717, 1.165) is 6.07 Å². The summed E-state index contributed by atoms with van der Waals surface area (Å²) >= 11 is 0. The maximum atomic E-state index is 12.4. The van der Waals surface area contributed by atoms with Crippen molar-refractivity contribution in [3.63, 3.8) is 0 Å². The Labute approximate surface area is 87.1 Å². The van der Waals surface area contributed by atoms with E-state index in [9.17, 15) is 13.2 Å². The normalized spacial score (nSPS) is 13.3. The standard InChI is InChI=1S/C10H15F3N2/c1-5-15-8(9(2,3)4)6-7(14-15)10(11,12)13/h6H,5H2,1-4H3. The Morgan fingerprint density at radius 1 is 1.27 bits per heavy atom. The molecule has 86 valence electrons. The van der Waals surface area contributed by atoms with Crippen molar-refractivity contribution in [2.24, 2.45) is 0 Å². The topological polar surface area (TPSA) is 17.8 Å². The first-order valence-corrected chi connectivity index (χ1v) is 4.81. The van der Waals surface area contributed by atoms with E-state index >= 15 is 0 Å². The molecule has 0 amide bonds. The van der Waals surface area contributed by atoms with Crippen molar-refractivity contribution < 1.29 is 13.2 Å². The Kier molecular flexibility index (Phi) is 2.85. The number of hydrogen-bond donors (Lipinski definition) is 0. The van der Waals surface area contributed by atoms with Crippen LogP contribution in [0.5, 0.6) is 0 Å². The van der Waals surface area contributed by atoms with Crippen LogP contribution in [0, 0.1) is 0 Å². The molecule has 1 aromatic rings. The molecule has 0 bridgehead atoms. The monoisotopic (exact) mass is 220 g/mol. The molecule has 0 spiro atoms. The highest BCUT2D eigenvalue weighted by atomic mass is 19.4. The van der Waals surface area contributed by atoms with Gasteiger partial charge >= 0.3 is 6.18 Å². The van der Waals surface area contributed by atoms with Crippen LogP contribution in [0.1, 0.15) is 39.1 Å². The maximum absolute atomic E-state index is 12.4. The lowest BCUT2D eigenvalue weighted by Gasteiger charge is -2.19. The van der Waals surface area contributed by atoms with E-state index < -0.39 is 11.9 Å². The summed E-state index contributed by atoms with van der Waals surface area (Å²) in [5, 5.41) is 3.56. The number of aromatic nitrogens is 2. The van der Waals surface area contributed by atoms with Gasteiger partial charge in [-0.05, 0) is 13.0 Å². The molecule has 0 aliphatic carbocycles. The summed E-state index contributed by atoms with van der Waals surface area (Å²) in [4.78, 5) is 0. The summed E-state index contributed by atoms with van der Waals surface area (Å²) in [7, 11) is 0. The van der Waals surface area contributed by atoms with Crippen molar-refractivity contribution in [2.45, 2.75) is 45.8 Å². The quantitative estimate of drug-likeness (QED) is 0.710. The van der Waals surface area contributed by atoms with Crippen LogP contribution in [-0.4, -0.2) is 9.78 Å². The lowest BCUT2D eigenvalue weighted by Crippen LogP contribution is -2.17. The molecule has 2 nitrogen and oxygen atoms in total. The fourth-order valence-corrected chi connectivity index (χ4v) is 1.40. The van der Waals surface area contributed by atoms with Gasteiger partial charge in [0.15, 0.2) is 5.69 Å². The molecule has 0 radical (unpaired) electrons. The Morgan fingerprint density at radius 3 is 2.07 bits per heavy atom. The Hall–Kier alpha value is -1.00. The average molecular weight is 220 g/mol. The zero-order chi connectivity index (χ0) is 11.9. The third-order valence-corrected chi connectivity index (χ3v) is 2.14. The Morgan fingerprint density at radius 2 is 1.80 bits per heavy atom. The van der Waals surface area contributed by atoms with Gasteiger partial charge in [-0.1, -0.05) is 20.8 Å². The van der Waals surface area contributed by atoms with Crippen molar-refractivity contribution in [1.82, 2.24) is 9.78 Å². The van der Waals surface area contributed by atoms with Gasteiger partial charge in [-0.25, -0.2) is 0 Å². The number of nitrogens with zero attached hydrogens (tertiary/aromatic N) is 2. The third kappa shape index (κ3) is 2.52. The zero-order valence-corrected chi connectivity index (χ0v) is 9.31. The van der Waals surface area contributed by atoms with Gasteiger partial charge in [0.1, 0.15) is 0 Å². The molecule has 1 rings (SSSR count). The molecule has 15 heavy (non-hydrogen) atoms. The van der Waals surface area contributed by atoms with Crippen LogP contribution in [0.25, 0.3) is 0 Å². The minimum atomic E-state index is -4.36. The van der Waals surface area contributed by atoms with Crippen molar-refractivity contribution in [3.05, 3.63) is 17.5 Å². The third-order valence-electron chi connectivity index (χ3n) is 2.14. The molecule has 0 unspecified atom stereocenters. The van der Waals surface area contributed by atoms with E-state index in [1.54, 1.807) is 6.92 Å². The lowest BCUT2D eigenvalue weighted by atomic mass is 9.92. The van der Waals surface area contributed by atoms with Crippen LogP contribution in [-0.2, 0) is 18.1 Å². The number of rotatable bonds is 1. The molecule has 0 N–H and O–H groups in total. The second-order valence-corrected chi connectivity index (χ2v) is 4.48. The minimum Gasteiger partial charge on any atom is -0.269 e. The molecule has 0 saturated carbocycles.